The van der Waals surface area contributed by atoms with Gasteiger partial charge in [-0.15, -0.1) is 11.8 Å². The van der Waals surface area contributed by atoms with Gasteiger partial charge in [0.25, 0.3) is 0 Å². The predicted octanol–water partition coefficient (Wildman–Crippen LogP) is 2.84. The third kappa shape index (κ3) is 4.22. The van der Waals surface area contributed by atoms with E-state index in [9.17, 15) is 0 Å². The van der Waals surface area contributed by atoms with Crippen LogP contribution in [0.25, 0.3) is 0 Å². The van der Waals surface area contributed by atoms with Crippen molar-refractivity contribution in [2.24, 2.45) is 5.73 Å². The predicted molar refractivity (Wildman–Crippen MR) is 72.8 cm³/mol. The van der Waals surface area contributed by atoms with E-state index in [1.807, 2.05) is 12.1 Å². The molecule has 0 radical (unpaired) electrons. The van der Waals surface area contributed by atoms with E-state index in [0.717, 1.165) is 16.2 Å². The lowest BCUT2D eigenvalue weighted by atomic mass is 10.1. The Bertz CT molecular complexity index is 355. The highest BCUT2D eigenvalue weighted by Gasteiger charge is 2.11. The Labute approximate surface area is 108 Å². The average molecular weight is 255 g/mol. The SMILES string of the molecule is COCC(N)c1ccc(SC(C)C)c(OC)c1. The van der Waals surface area contributed by atoms with E-state index in [0.29, 0.717) is 11.9 Å². The first-order chi connectivity index (χ1) is 8.08. The molecule has 3 nitrogen and oxygen atoms in total. The van der Waals surface area contributed by atoms with E-state index >= 15 is 0 Å². The molecule has 4 heteroatoms. The van der Waals surface area contributed by atoms with Gasteiger partial charge in [0.05, 0.1) is 19.8 Å². The van der Waals surface area contributed by atoms with Crippen LogP contribution in [0.4, 0.5) is 0 Å². The molecule has 1 rings (SSSR count). The Balaban J connectivity index is 2.91. The quantitative estimate of drug-likeness (QED) is 0.794. The van der Waals surface area contributed by atoms with Crippen LogP contribution in [0.3, 0.4) is 0 Å². The molecule has 96 valence electrons. The molecule has 0 bridgehead atoms. The minimum atomic E-state index is -0.105. The van der Waals surface area contributed by atoms with Gasteiger partial charge in [-0.2, -0.15) is 0 Å². The van der Waals surface area contributed by atoms with E-state index in [2.05, 4.69) is 19.9 Å². The zero-order chi connectivity index (χ0) is 12.8. The molecule has 0 saturated carbocycles. The van der Waals surface area contributed by atoms with Crippen LogP contribution in [0.1, 0.15) is 25.5 Å². The summed E-state index contributed by atoms with van der Waals surface area (Å²) in [5.74, 6) is 0.882. The monoisotopic (exact) mass is 255 g/mol. The van der Waals surface area contributed by atoms with Crippen molar-refractivity contribution in [3.8, 4) is 5.75 Å². The summed E-state index contributed by atoms with van der Waals surface area (Å²) in [5.41, 5.74) is 7.03. The van der Waals surface area contributed by atoms with Gasteiger partial charge in [-0.25, -0.2) is 0 Å². The van der Waals surface area contributed by atoms with Crippen LogP contribution in [0, 0.1) is 0 Å². The fourth-order valence-electron chi connectivity index (χ4n) is 1.54. The first kappa shape index (κ1) is 14.4. The molecule has 0 aliphatic heterocycles. The highest BCUT2D eigenvalue weighted by molar-refractivity contribution is 8.00. The van der Waals surface area contributed by atoms with Crippen LogP contribution in [0.2, 0.25) is 0 Å². The number of hydrogen-bond acceptors (Lipinski definition) is 4. The molecule has 0 aromatic heterocycles. The van der Waals surface area contributed by atoms with Crippen molar-refractivity contribution in [2.45, 2.75) is 30.0 Å². The summed E-state index contributed by atoms with van der Waals surface area (Å²) in [7, 11) is 3.34. The number of methoxy groups -OCH3 is 2. The van der Waals surface area contributed by atoms with E-state index in [1.54, 1.807) is 26.0 Å². The molecule has 1 atom stereocenters. The molecule has 1 unspecified atom stereocenters. The zero-order valence-corrected chi connectivity index (χ0v) is 11.7. The van der Waals surface area contributed by atoms with Crippen LogP contribution in [0.5, 0.6) is 5.75 Å². The van der Waals surface area contributed by atoms with Gasteiger partial charge in [0, 0.05) is 17.3 Å². The van der Waals surface area contributed by atoms with Crippen molar-refractivity contribution in [1.29, 1.82) is 0 Å². The van der Waals surface area contributed by atoms with Crippen LogP contribution >= 0.6 is 11.8 Å². The third-order valence-corrected chi connectivity index (χ3v) is 3.39. The maximum absolute atomic E-state index is 5.99. The Kier molecular flexibility index (Phi) is 5.82. The summed E-state index contributed by atoms with van der Waals surface area (Å²) in [5, 5.41) is 0.530. The highest BCUT2D eigenvalue weighted by atomic mass is 32.2. The van der Waals surface area contributed by atoms with Gasteiger partial charge in [-0.1, -0.05) is 19.9 Å². The zero-order valence-electron chi connectivity index (χ0n) is 10.9. The molecule has 17 heavy (non-hydrogen) atoms. The second-order valence-electron chi connectivity index (χ2n) is 4.14. The molecule has 0 saturated heterocycles. The summed E-state index contributed by atoms with van der Waals surface area (Å²) >= 11 is 1.79. The smallest absolute Gasteiger partial charge is 0.132 e. The van der Waals surface area contributed by atoms with Crippen LogP contribution < -0.4 is 10.5 Å². The van der Waals surface area contributed by atoms with Crippen LogP contribution in [-0.4, -0.2) is 26.1 Å². The highest BCUT2D eigenvalue weighted by Crippen LogP contribution is 2.33. The molecule has 0 aliphatic rings. The number of ether oxygens (including phenoxy) is 2. The molecule has 2 N–H and O–H groups in total. The average Bonchev–Trinajstić information content (AvgIpc) is 2.29. The molecule has 1 aromatic rings. The van der Waals surface area contributed by atoms with E-state index in [4.69, 9.17) is 15.2 Å². The van der Waals surface area contributed by atoms with Gasteiger partial charge >= 0.3 is 0 Å². The van der Waals surface area contributed by atoms with E-state index in [1.165, 1.54) is 0 Å². The number of nitrogens with two attached hydrogens (primary N) is 1. The van der Waals surface area contributed by atoms with Crippen LogP contribution in [0.15, 0.2) is 23.1 Å². The number of hydrogen-bond donors (Lipinski definition) is 1. The molecule has 0 fully saturated rings. The van der Waals surface area contributed by atoms with Gasteiger partial charge in [-0.05, 0) is 17.7 Å². The van der Waals surface area contributed by atoms with E-state index < -0.39 is 0 Å². The molecule has 1 aromatic carbocycles. The van der Waals surface area contributed by atoms with E-state index in [-0.39, 0.29) is 6.04 Å². The van der Waals surface area contributed by atoms with Gasteiger partial charge in [0.15, 0.2) is 0 Å². The third-order valence-electron chi connectivity index (χ3n) is 2.32. The normalized spacial score (nSPS) is 12.8. The largest absolute Gasteiger partial charge is 0.496 e. The Hall–Kier alpha value is -0.710. The first-order valence-electron chi connectivity index (χ1n) is 5.67. The fraction of sp³-hybridized carbons (Fsp3) is 0.538. The lowest BCUT2D eigenvalue weighted by molar-refractivity contribution is 0.181. The number of thioether (sulfide) groups is 1. The molecule has 0 aliphatic carbocycles. The Morgan fingerprint density at radius 2 is 2.00 bits per heavy atom. The van der Waals surface area contributed by atoms with Gasteiger partial charge < -0.3 is 15.2 Å². The molecule has 0 heterocycles. The second-order valence-corrected chi connectivity index (χ2v) is 5.76. The van der Waals surface area contributed by atoms with Crippen LogP contribution in [-0.2, 0) is 4.74 Å². The van der Waals surface area contributed by atoms with Crippen molar-refractivity contribution in [2.75, 3.05) is 20.8 Å². The van der Waals surface area contributed by atoms with Crippen molar-refractivity contribution in [3.63, 3.8) is 0 Å². The standard InChI is InChI=1S/C13H21NO2S/c1-9(2)17-13-6-5-10(7-12(13)16-4)11(14)8-15-3/h5-7,9,11H,8,14H2,1-4H3. The topological polar surface area (TPSA) is 44.5 Å². The number of rotatable bonds is 6. The van der Waals surface area contributed by atoms with Crippen molar-refractivity contribution in [1.82, 2.24) is 0 Å². The summed E-state index contributed by atoms with van der Waals surface area (Å²) in [6.07, 6.45) is 0. The van der Waals surface area contributed by atoms with Gasteiger partial charge in [0.2, 0.25) is 0 Å². The minimum Gasteiger partial charge on any atom is -0.496 e. The second kappa shape index (κ2) is 6.89. The lowest BCUT2D eigenvalue weighted by Crippen LogP contribution is -2.16. The van der Waals surface area contributed by atoms with Gasteiger partial charge in [-0.3, -0.25) is 0 Å². The summed E-state index contributed by atoms with van der Waals surface area (Å²) in [6.45, 7) is 4.84. The number of benzene rings is 1. The Morgan fingerprint density at radius 1 is 1.29 bits per heavy atom. The molecule has 0 amide bonds. The molecular formula is C13H21NO2S. The maximum Gasteiger partial charge on any atom is 0.132 e. The minimum absolute atomic E-state index is 0.105. The Morgan fingerprint density at radius 3 is 2.53 bits per heavy atom. The van der Waals surface area contributed by atoms with Gasteiger partial charge in [0.1, 0.15) is 5.75 Å². The summed E-state index contributed by atoms with van der Waals surface area (Å²) in [6, 6.07) is 5.99. The summed E-state index contributed by atoms with van der Waals surface area (Å²) in [4.78, 5) is 1.15. The first-order valence-corrected chi connectivity index (χ1v) is 6.55. The van der Waals surface area contributed by atoms with Crippen molar-refractivity contribution < 1.29 is 9.47 Å². The molecular weight excluding hydrogens is 234 g/mol. The molecule has 0 spiro atoms. The van der Waals surface area contributed by atoms with Crippen molar-refractivity contribution >= 4 is 11.8 Å². The fourth-order valence-corrected chi connectivity index (χ4v) is 2.45. The maximum atomic E-state index is 5.99. The summed E-state index contributed by atoms with van der Waals surface area (Å²) < 4.78 is 10.5. The lowest BCUT2D eigenvalue weighted by Gasteiger charge is -2.15. The van der Waals surface area contributed by atoms with Crippen molar-refractivity contribution in [3.05, 3.63) is 23.8 Å².